The first-order valence-electron chi connectivity index (χ1n) is 5.95. The van der Waals surface area contributed by atoms with Gasteiger partial charge in [-0.3, -0.25) is 0 Å². The van der Waals surface area contributed by atoms with Gasteiger partial charge in [0, 0.05) is 10.7 Å². The second kappa shape index (κ2) is 6.30. The SMILES string of the molecule is COc1cccc(COC(=O)c2ccc(Cl)cc2N)c1. The summed E-state index contributed by atoms with van der Waals surface area (Å²) in [7, 11) is 1.58. The highest BCUT2D eigenvalue weighted by Gasteiger charge is 2.11. The van der Waals surface area contributed by atoms with Crippen molar-refractivity contribution in [1.82, 2.24) is 0 Å². The molecule has 20 heavy (non-hydrogen) atoms. The van der Waals surface area contributed by atoms with Crippen LogP contribution in [-0.4, -0.2) is 13.1 Å². The Balaban J connectivity index is 2.04. The van der Waals surface area contributed by atoms with E-state index in [2.05, 4.69) is 0 Å². The standard InChI is InChI=1S/C15H14ClNO3/c1-19-12-4-2-3-10(7-12)9-20-15(18)13-6-5-11(16)8-14(13)17/h2-8H,9,17H2,1H3. The summed E-state index contributed by atoms with van der Waals surface area (Å²) in [6.07, 6.45) is 0. The van der Waals surface area contributed by atoms with E-state index in [4.69, 9.17) is 26.8 Å². The fourth-order valence-electron chi connectivity index (χ4n) is 1.71. The smallest absolute Gasteiger partial charge is 0.340 e. The molecule has 0 spiro atoms. The first-order chi connectivity index (χ1) is 9.60. The predicted molar refractivity (Wildman–Crippen MR) is 78.0 cm³/mol. The van der Waals surface area contributed by atoms with Crippen LogP contribution < -0.4 is 10.5 Å². The van der Waals surface area contributed by atoms with Crippen molar-refractivity contribution in [3.05, 3.63) is 58.6 Å². The third-order valence-electron chi connectivity index (χ3n) is 2.74. The lowest BCUT2D eigenvalue weighted by Crippen LogP contribution is -2.08. The molecule has 2 aromatic carbocycles. The van der Waals surface area contributed by atoms with Crippen LogP contribution in [0.15, 0.2) is 42.5 Å². The Morgan fingerprint density at radius 3 is 2.75 bits per heavy atom. The molecule has 0 aliphatic carbocycles. The number of nitrogens with two attached hydrogens (primary N) is 1. The molecule has 0 aliphatic rings. The minimum Gasteiger partial charge on any atom is -0.497 e. The van der Waals surface area contributed by atoms with Gasteiger partial charge in [0.1, 0.15) is 12.4 Å². The number of halogens is 1. The summed E-state index contributed by atoms with van der Waals surface area (Å²) in [5, 5.41) is 0.479. The summed E-state index contributed by atoms with van der Waals surface area (Å²) >= 11 is 5.78. The van der Waals surface area contributed by atoms with Gasteiger partial charge in [-0.25, -0.2) is 4.79 Å². The van der Waals surface area contributed by atoms with Crippen LogP contribution in [0.2, 0.25) is 5.02 Å². The van der Waals surface area contributed by atoms with Crippen LogP contribution in [0.25, 0.3) is 0 Å². The summed E-state index contributed by atoms with van der Waals surface area (Å²) in [5.74, 6) is 0.228. The second-order valence-electron chi connectivity index (χ2n) is 4.16. The van der Waals surface area contributed by atoms with Gasteiger partial charge in [-0.1, -0.05) is 23.7 Å². The molecule has 0 heterocycles. The molecule has 0 amide bonds. The van der Waals surface area contributed by atoms with Gasteiger partial charge in [0.2, 0.25) is 0 Å². The van der Waals surface area contributed by atoms with Gasteiger partial charge in [0.15, 0.2) is 0 Å². The number of esters is 1. The first-order valence-corrected chi connectivity index (χ1v) is 6.33. The number of carbonyl (C=O) groups is 1. The number of hydrogen-bond donors (Lipinski definition) is 1. The summed E-state index contributed by atoms with van der Waals surface area (Å²) in [6.45, 7) is 0.151. The second-order valence-corrected chi connectivity index (χ2v) is 4.60. The summed E-state index contributed by atoms with van der Waals surface area (Å²) < 4.78 is 10.3. The van der Waals surface area contributed by atoms with E-state index in [0.717, 1.165) is 5.56 Å². The van der Waals surface area contributed by atoms with Crippen LogP contribution >= 0.6 is 11.6 Å². The molecule has 0 atom stereocenters. The molecule has 0 saturated carbocycles. The van der Waals surface area contributed by atoms with Crippen LogP contribution in [-0.2, 0) is 11.3 Å². The van der Waals surface area contributed by atoms with Crippen LogP contribution in [0.3, 0.4) is 0 Å². The Hall–Kier alpha value is -2.20. The lowest BCUT2D eigenvalue weighted by atomic mass is 10.2. The highest BCUT2D eigenvalue weighted by atomic mass is 35.5. The van der Waals surface area contributed by atoms with E-state index in [9.17, 15) is 4.79 Å². The lowest BCUT2D eigenvalue weighted by Gasteiger charge is -2.08. The average molecular weight is 292 g/mol. The van der Waals surface area contributed by atoms with Gasteiger partial charge >= 0.3 is 5.97 Å². The Bertz CT molecular complexity index is 628. The van der Waals surface area contributed by atoms with Crippen LogP contribution in [0.5, 0.6) is 5.75 Å². The van der Waals surface area contributed by atoms with Gasteiger partial charge in [-0.05, 0) is 35.9 Å². The average Bonchev–Trinajstić information content (AvgIpc) is 2.45. The number of carbonyl (C=O) groups excluding carboxylic acids is 1. The Morgan fingerprint density at radius 1 is 1.25 bits per heavy atom. The Morgan fingerprint density at radius 2 is 2.05 bits per heavy atom. The zero-order valence-electron chi connectivity index (χ0n) is 10.9. The van der Waals surface area contributed by atoms with E-state index in [0.29, 0.717) is 22.0 Å². The molecule has 0 fully saturated rings. The first kappa shape index (κ1) is 14.2. The molecule has 4 nitrogen and oxygen atoms in total. The maximum Gasteiger partial charge on any atom is 0.340 e. The van der Waals surface area contributed by atoms with Crippen molar-refractivity contribution in [3.8, 4) is 5.75 Å². The molecule has 2 aromatic rings. The lowest BCUT2D eigenvalue weighted by molar-refractivity contribution is 0.0473. The van der Waals surface area contributed by atoms with Crippen LogP contribution in [0, 0.1) is 0 Å². The van der Waals surface area contributed by atoms with E-state index in [1.54, 1.807) is 25.3 Å². The fourth-order valence-corrected chi connectivity index (χ4v) is 1.89. The summed E-state index contributed by atoms with van der Waals surface area (Å²) in [6, 6.07) is 12.0. The maximum atomic E-state index is 11.9. The minimum atomic E-state index is -0.484. The van der Waals surface area contributed by atoms with Crippen LogP contribution in [0.4, 0.5) is 5.69 Å². The third kappa shape index (κ3) is 3.42. The molecular weight excluding hydrogens is 278 g/mol. The Labute approximate surface area is 122 Å². The molecule has 2 N–H and O–H groups in total. The molecule has 0 radical (unpaired) electrons. The third-order valence-corrected chi connectivity index (χ3v) is 2.97. The molecule has 0 aromatic heterocycles. The summed E-state index contributed by atoms with van der Waals surface area (Å²) in [5.41, 5.74) is 7.17. The van der Waals surface area contributed by atoms with Crippen molar-refractivity contribution in [2.75, 3.05) is 12.8 Å². The molecule has 0 aliphatic heterocycles. The number of rotatable bonds is 4. The largest absolute Gasteiger partial charge is 0.497 e. The molecule has 0 bridgehead atoms. The van der Waals surface area contributed by atoms with Crippen LogP contribution in [0.1, 0.15) is 15.9 Å². The van der Waals surface area contributed by atoms with Crippen molar-refractivity contribution < 1.29 is 14.3 Å². The van der Waals surface area contributed by atoms with Crippen molar-refractivity contribution in [1.29, 1.82) is 0 Å². The molecule has 5 heteroatoms. The predicted octanol–water partition coefficient (Wildman–Crippen LogP) is 3.29. The number of benzene rings is 2. The van der Waals surface area contributed by atoms with E-state index >= 15 is 0 Å². The number of anilines is 1. The fraction of sp³-hybridized carbons (Fsp3) is 0.133. The number of ether oxygens (including phenoxy) is 2. The normalized spacial score (nSPS) is 10.1. The highest BCUT2D eigenvalue weighted by molar-refractivity contribution is 6.31. The van der Waals surface area contributed by atoms with Gasteiger partial charge in [-0.15, -0.1) is 0 Å². The van der Waals surface area contributed by atoms with Gasteiger partial charge in [0.25, 0.3) is 0 Å². The van der Waals surface area contributed by atoms with Gasteiger partial charge in [0.05, 0.1) is 12.7 Å². The van der Waals surface area contributed by atoms with Crippen molar-refractivity contribution in [2.45, 2.75) is 6.61 Å². The van der Waals surface area contributed by atoms with E-state index in [-0.39, 0.29) is 6.61 Å². The van der Waals surface area contributed by atoms with Crippen molar-refractivity contribution in [2.24, 2.45) is 0 Å². The zero-order chi connectivity index (χ0) is 14.5. The topological polar surface area (TPSA) is 61.5 Å². The quantitative estimate of drug-likeness (QED) is 0.693. The van der Waals surface area contributed by atoms with Gasteiger partial charge in [-0.2, -0.15) is 0 Å². The molecule has 2 rings (SSSR count). The molecular formula is C15H14ClNO3. The minimum absolute atomic E-state index is 0.151. The van der Waals surface area contributed by atoms with E-state index < -0.39 is 5.97 Å². The number of nitrogen functional groups attached to an aromatic ring is 1. The molecule has 0 saturated heterocycles. The summed E-state index contributed by atoms with van der Waals surface area (Å²) in [4.78, 5) is 11.9. The Kier molecular flexibility index (Phi) is 4.48. The van der Waals surface area contributed by atoms with Crippen molar-refractivity contribution in [3.63, 3.8) is 0 Å². The molecule has 104 valence electrons. The van der Waals surface area contributed by atoms with Gasteiger partial charge < -0.3 is 15.2 Å². The molecule has 0 unspecified atom stereocenters. The maximum absolute atomic E-state index is 11.9. The number of methoxy groups -OCH3 is 1. The zero-order valence-corrected chi connectivity index (χ0v) is 11.7. The van der Waals surface area contributed by atoms with Crippen molar-refractivity contribution >= 4 is 23.3 Å². The van der Waals surface area contributed by atoms with E-state index in [1.807, 2.05) is 18.2 Å². The van der Waals surface area contributed by atoms with E-state index in [1.165, 1.54) is 6.07 Å². The monoisotopic (exact) mass is 291 g/mol. The number of hydrogen-bond acceptors (Lipinski definition) is 4. The highest BCUT2D eigenvalue weighted by Crippen LogP contribution is 2.20.